The predicted octanol–water partition coefficient (Wildman–Crippen LogP) is 2.34. The van der Waals surface area contributed by atoms with Crippen LogP contribution in [0.4, 0.5) is 0 Å². The van der Waals surface area contributed by atoms with Gasteiger partial charge in [0.25, 0.3) is 5.91 Å². The summed E-state index contributed by atoms with van der Waals surface area (Å²) >= 11 is 1.69. The van der Waals surface area contributed by atoms with Crippen LogP contribution in [0, 0.1) is 12.8 Å². The number of rotatable bonds is 3. The van der Waals surface area contributed by atoms with Crippen LogP contribution in [-0.4, -0.2) is 38.8 Å². The molecular formula is C15H18N4OS. The molecule has 0 radical (unpaired) electrons. The number of aromatic nitrogens is 3. The molecule has 6 heteroatoms. The summed E-state index contributed by atoms with van der Waals surface area (Å²) in [7, 11) is 0. The molecule has 3 heterocycles. The number of thiazole rings is 1. The van der Waals surface area contributed by atoms with E-state index in [0.29, 0.717) is 17.3 Å². The second-order valence-electron chi connectivity index (χ2n) is 5.41. The highest BCUT2D eigenvalue weighted by Crippen LogP contribution is 2.22. The molecule has 0 aliphatic carbocycles. The summed E-state index contributed by atoms with van der Waals surface area (Å²) in [5, 5.41) is 3.16. The Morgan fingerprint density at radius 3 is 2.90 bits per heavy atom. The number of carbonyl (C=O) groups excluding carboxylic acids is 1. The maximum Gasteiger partial charge on any atom is 0.256 e. The van der Waals surface area contributed by atoms with Gasteiger partial charge in [0.05, 0.1) is 10.6 Å². The van der Waals surface area contributed by atoms with E-state index in [4.69, 9.17) is 0 Å². The molecule has 0 N–H and O–H groups in total. The van der Waals surface area contributed by atoms with Crippen LogP contribution in [0.3, 0.4) is 0 Å². The lowest BCUT2D eigenvalue weighted by Gasteiger charge is -2.32. The summed E-state index contributed by atoms with van der Waals surface area (Å²) in [5.74, 6) is 1.23. The molecule has 2 aromatic rings. The van der Waals surface area contributed by atoms with Gasteiger partial charge in [-0.05, 0) is 25.7 Å². The Morgan fingerprint density at radius 1 is 1.38 bits per heavy atom. The zero-order valence-electron chi connectivity index (χ0n) is 12.0. The Bertz CT molecular complexity index is 597. The van der Waals surface area contributed by atoms with E-state index >= 15 is 0 Å². The van der Waals surface area contributed by atoms with E-state index in [0.717, 1.165) is 37.4 Å². The van der Waals surface area contributed by atoms with Crippen LogP contribution in [0.5, 0.6) is 0 Å². The maximum absolute atomic E-state index is 12.5. The van der Waals surface area contributed by atoms with Crippen molar-refractivity contribution in [2.75, 3.05) is 13.1 Å². The van der Waals surface area contributed by atoms with Crippen LogP contribution in [0.15, 0.2) is 24.0 Å². The number of piperidine rings is 1. The zero-order chi connectivity index (χ0) is 14.7. The Kier molecular flexibility index (Phi) is 4.24. The minimum atomic E-state index is 0.0406. The van der Waals surface area contributed by atoms with Gasteiger partial charge in [-0.25, -0.2) is 15.0 Å². The summed E-state index contributed by atoms with van der Waals surface area (Å²) in [6, 6.07) is 0. The molecule has 0 saturated carbocycles. The highest BCUT2D eigenvalue weighted by Gasteiger charge is 2.25. The molecular weight excluding hydrogens is 284 g/mol. The quantitative estimate of drug-likeness (QED) is 0.873. The topological polar surface area (TPSA) is 59.0 Å². The van der Waals surface area contributed by atoms with Crippen molar-refractivity contribution in [1.82, 2.24) is 19.9 Å². The summed E-state index contributed by atoms with van der Waals surface area (Å²) in [6.07, 6.45) is 8.26. The van der Waals surface area contributed by atoms with E-state index in [1.807, 2.05) is 23.4 Å². The van der Waals surface area contributed by atoms with E-state index in [1.54, 1.807) is 23.7 Å². The fourth-order valence-corrected chi connectivity index (χ4v) is 3.43. The minimum absolute atomic E-state index is 0.0406. The van der Waals surface area contributed by atoms with Gasteiger partial charge in [0.2, 0.25) is 0 Å². The minimum Gasteiger partial charge on any atom is -0.338 e. The van der Waals surface area contributed by atoms with Crippen molar-refractivity contribution < 1.29 is 4.79 Å². The normalized spacial score (nSPS) is 18.7. The van der Waals surface area contributed by atoms with Gasteiger partial charge in [-0.1, -0.05) is 0 Å². The molecule has 110 valence electrons. The van der Waals surface area contributed by atoms with Crippen LogP contribution in [0.1, 0.15) is 34.0 Å². The lowest BCUT2D eigenvalue weighted by Crippen LogP contribution is -2.40. The van der Waals surface area contributed by atoms with Crippen molar-refractivity contribution in [2.24, 2.45) is 5.92 Å². The van der Waals surface area contributed by atoms with Crippen molar-refractivity contribution in [1.29, 1.82) is 0 Å². The molecule has 1 aliphatic rings. The monoisotopic (exact) mass is 302 g/mol. The molecule has 0 spiro atoms. The highest BCUT2D eigenvalue weighted by atomic mass is 32.1. The lowest BCUT2D eigenvalue weighted by molar-refractivity contribution is 0.0672. The summed E-state index contributed by atoms with van der Waals surface area (Å²) in [5.41, 5.74) is 0.579. The van der Waals surface area contributed by atoms with Crippen LogP contribution in [-0.2, 0) is 6.42 Å². The molecule has 21 heavy (non-hydrogen) atoms. The largest absolute Gasteiger partial charge is 0.338 e. The average molecular weight is 302 g/mol. The summed E-state index contributed by atoms with van der Waals surface area (Å²) in [6.45, 7) is 3.44. The highest BCUT2D eigenvalue weighted by molar-refractivity contribution is 7.09. The SMILES string of the molecule is Cc1ncc(C(=O)N2CCC[C@@H](Cc3nccs3)C2)cn1. The average Bonchev–Trinajstić information content (AvgIpc) is 3.00. The third-order valence-corrected chi connectivity index (χ3v) is 4.58. The lowest BCUT2D eigenvalue weighted by atomic mass is 9.94. The Hall–Kier alpha value is -1.82. The first-order chi connectivity index (χ1) is 10.2. The van der Waals surface area contributed by atoms with Gasteiger partial charge in [-0.2, -0.15) is 0 Å². The first-order valence-electron chi connectivity index (χ1n) is 7.18. The van der Waals surface area contributed by atoms with Crippen molar-refractivity contribution in [3.8, 4) is 0 Å². The van der Waals surface area contributed by atoms with Crippen molar-refractivity contribution in [2.45, 2.75) is 26.2 Å². The van der Waals surface area contributed by atoms with Crippen LogP contribution < -0.4 is 0 Å². The fourth-order valence-electron chi connectivity index (χ4n) is 2.70. The van der Waals surface area contributed by atoms with Gasteiger partial charge in [-0.15, -0.1) is 11.3 Å². The van der Waals surface area contributed by atoms with Crippen molar-refractivity contribution >= 4 is 17.2 Å². The summed E-state index contributed by atoms with van der Waals surface area (Å²) in [4.78, 5) is 27.0. The molecule has 1 fully saturated rings. The molecule has 5 nitrogen and oxygen atoms in total. The number of hydrogen-bond donors (Lipinski definition) is 0. The third kappa shape index (κ3) is 3.44. The Morgan fingerprint density at radius 2 is 2.19 bits per heavy atom. The van der Waals surface area contributed by atoms with E-state index in [1.165, 1.54) is 0 Å². The Labute approximate surface area is 128 Å². The fraction of sp³-hybridized carbons (Fsp3) is 0.467. The molecule has 0 unspecified atom stereocenters. The molecule has 3 rings (SSSR count). The van der Waals surface area contributed by atoms with Gasteiger partial charge in [0.15, 0.2) is 0 Å². The van der Waals surface area contributed by atoms with E-state index in [2.05, 4.69) is 15.0 Å². The standard InChI is InChI=1S/C15H18N4OS/c1-11-17-8-13(9-18-11)15(20)19-5-2-3-12(10-19)7-14-16-4-6-21-14/h4,6,8-9,12H,2-3,5,7,10H2,1H3/t12-/m0/s1. The van der Waals surface area contributed by atoms with E-state index in [-0.39, 0.29) is 5.91 Å². The van der Waals surface area contributed by atoms with Crippen molar-refractivity contribution in [3.05, 3.63) is 40.4 Å². The molecule has 2 aromatic heterocycles. The third-order valence-electron chi connectivity index (χ3n) is 3.78. The second kappa shape index (κ2) is 6.30. The van der Waals surface area contributed by atoms with Gasteiger partial charge in [-0.3, -0.25) is 4.79 Å². The Balaban J connectivity index is 1.65. The molecule has 0 aromatic carbocycles. The number of likely N-dealkylation sites (tertiary alicyclic amines) is 1. The first kappa shape index (κ1) is 14.1. The second-order valence-corrected chi connectivity index (χ2v) is 6.39. The maximum atomic E-state index is 12.5. The van der Waals surface area contributed by atoms with Gasteiger partial charge < -0.3 is 4.90 Å². The van der Waals surface area contributed by atoms with E-state index in [9.17, 15) is 4.79 Å². The molecule has 0 bridgehead atoms. The van der Waals surface area contributed by atoms with Gasteiger partial charge >= 0.3 is 0 Å². The number of amides is 1. The predicted molar refractivity (Wildman–Crippen MR) is 81.2 cm³/mol. The van der Waals surface area contributed by atoms with Gasteiger partial charge in [0, 0.05) is 43.5 Å². The number of hydrogen-bond acceptors (Lipinski definition) is 5. The van der Waals surface area contributed by atoms with Crippen LogP contribution in [0.25, 0.3) is 0 Å². The van der Waals surface area contributed by atoms with Gasteiger partial charge in [0.1, 0.15) is 5.82 Å². The van der Waals surface area contributed by atoms with E-state index < -0.39 is 0 Å². The summed E-state index contributed by atoms with van der Waals surface area (Å²) < 4.78 is 0. The zero-order valence-corrected chi connectivity index (χ0v) is 12.8. The molecule has 1 aliphatic heterocycles. The first-order valence-corrected chi connectivity index (χ1v) is 8.06. The number of nitrogens with zero attached hydrogens (tertiary/aromatic N) is 4. The molecule has 1 atom stereocenters. The number of carbonyl (C=O) groups is 1. The number of aryl methyl sites for hydroxylation is 1. The van der Waals surface area contributed by atoms with Crippen LogP contribution >= 0.6 is 11.3 Å². The molecule has 1 amide bonds. The van der Waals surface area contributed by atoms with Crippen molar-refractivity contribution in [3.63, 3.8) is 0 Å². The smallest absolute Gasteiger partial charge is 0.256 e. The molecule has 1 saturated heterocycles. The van der Waals surface area contributed by atoms with Crippen LogP contribution in [0.2, 0.25) is 0 Å².